The van der Waals surface area contributed by atoms with E-state index in [0.29, 0.717) is 16.9 Å². The van der Waals surface area contributed by atoms with Crippen LogP contribution in [0.2, 0.25) is 0 Å². The Morgan fingerprint density at radius 1 is 0.968 bits per heavy atom. The molecule has 0 radical (unpaired) electrons. The van der Waals surface area contributed by atoms with Crippen LogP contribution in [-0.4, -0.2) is 11.1 Å². The Kier molecular flexibility index (Phi) is 6.93. The van der Waals surface area contributed by atoms with Gasteiger partial charge < -0.3 is 5.11 Å². The zero-order valence-electron chi connectivity index (χ0n) is 18.5. The Morgan fingerprint density at radius 2 is 1.74 bits per heavy atom. The number of carboxylic acids is 1. The zero-order chi connectivity index (χ0) is 22.0. The molecule has 2 aliphatic rings. The van der Waals surface area contributed by atoms with Gasteiger partial charge in [0.05, 0.1) is 5.56 Å². The van der Waals surface area contributed by atoms with Crippen LogP contribution in [0.25, 0.3) is 10.8 Å². The summed E-state index contributed by atoms with van der Waals surface area (Å²) in [5.41, 5.74) is 0.457. The monoisotopic (exact) mass is 428 g/mol. The molecular weight excluding hydrogens is 394 g/mol. The van der Waals surface area contributed by atoms with E-state index in [9.17, 15) is 9.18 Å². The molecule has 4 heteroatoms. The molecule has 4 rings (SSSR count). The first-order valence-electron chi connectivity index (χ1n) is 12.1. The Balaban J connectivity index is 1.45. The van der Waals surface area contributed by atoms with Crippen molar-refractivity contribution in [3.63, 3.8) is 0 Å². The van der Waals surface area contributed by atoms with Gasteiger partial charge in [-0.05, 0) is 84.9 Å². The molecule has 4 atom stereocenters. The Hall–Kier alpha value is -1.97. The molecule has 0 aromatic heterocycles. The number of rotatable bonds is 7. The van der Waals surface area contributed by atoms with Gasteiger partial charge in [-0.2, -0.15) is 0 Å². The fourth-order valence-corrected chi connectivity index (χ4v) is 6.17. The lowest BCUT2D eigenvalue weighted by atomic mass is 9.63. The molecule has 0 amide bonds. The number of benzene rings is 2. The number of halogens is 2. The van der Waals surface area contributed by atoms with Crippen LogP contribution >= 0.6 is 0 Å². The highest BCUT2D eigenvalue weighted by atomic mass is 19.2. The zero-order valence-corrected chi connectivity index (χ0v) is 18.5. The van der Waals surface area contributed by atoms with Gasteiger partial charge in [-0.25, -0.2) is 13.6 Å². The smallest absolute Gasteiger partial charge is 0.335 e. The predicted molar refractivity (Wildman–Crippen MR) is 120 cm³/mol. The van der Waals surface area contributed by atoms with Crippen molar-refractivity contribution >= 4 is 16.7 Å². The maximum absolute atomic E-state index is 15.0. The minimum Gasteiger partial charge on any atom is -0.478 e. The van der Waals surface area contributed by atoms with Crippen LogP contribution in [0.4, 0.5) is 8.78 Å². The third-order valence-electron chi connectivity index (χ3n) is 7.92. The third kappa shape index (κ3) is 4.78. The summed E-state index contributed by atoms with van der Waals surface area (Å²) in [4.78, 5) is 11.2. The van der Waals surface area contributed by atoms with Crippen LogP contribution in [0.15, 0.2) is 24.3 Å². The molecule has 2 aliphatic carbocycles. The standard InChI is InChI=1S/C27H34F2O2/c1-2-3-4-5-6-17-7-8-19-14-20(10-9-18(19)13-17)23-15-21-11-12-22(27(30)31)16-24(21)26(29)25(23)28/h11-12,15-20H,2-10,13-14H2,1H3,(H,30,31). The highest BCUT2D eigenvalue weighted by Crippen LogP contribution is 2.49. The molecule has 0 spiro atoms. The van der Waals surface area contributed by atoms with Crippen LogP contribution in [0, 0.1) is 29.4 Å². The van der Waals surface area contributed by atoms with E-state index in [0.717, 1.165) is 31.1 Å². The van der Waals surface area contributed by atoms with E-state index in [2.05, 4.69) is 6.92 Å². The normalized spacial score (nSPS) is 26.0. The Labute approximate surface area is 184 Å². The lowest BCUT2D eigenvalue weighted by Crippen LogP contribution is -2.30. The molecule has 2 aromatic rings. The number of unbranched alkanes of at least 4 members (excludes halogenated alkanes) is 3. The molecule has 0 saturated heterocycles. The maximum Gasteiger partial charge on any atom is 0.335 e. The van der Waals surface area contributed by atoms with E-state index in [1.54, 1.807) is 12.1 Å². The van der Waals surface area contributed by atoms with Crippen molar-refractivity contribution in [3.8, 4) is 0 Å². The summed E-state index contributed by atoms with van der Waals surface area (Å²) in [7, 11) is 0. The van der Waals surface area contributed by atoms with Crippen LogP contribution in [0.3, 0.4) is 0 Å². The summed E-state index contributed by atoms with van der Waals surface area (Å²) in [5.74, 6) is -0.555. The van der Waals surface area contributed by atoms with Crippen molar-refractivity contribution in [2.45, 2.75) is 83.5 Å². The summed E-state index contributed by atoms with van der Waals surface area (Å²) in [6.45, 7) is 2.25. The minimum absolute atomic E-state index is 0.0227. The highest BCUT2D eigenvalue weighted by molar-refractivity contribution is 5.94. The molecule has 31 heavy (non-hydrogen) atoms. The van der Waals surface area contributed by atoms with Gasteiger partial charge >= 0.3 is 5.97 Å². The summed E-state index contributed by atoms with van der Waals surface area (Å²) in [6, 6.07) is 6.05. The lowest BCUT2D eigenvalue weighted by Gasteiger charge is -2.42. The molecule has 2 fully saturated rings. The largest absolute Gasteiger partial charge is 0.478 e. The molecule has 2 saturated carbocycles. The topological polar surface area (TPSA) is 37.3 Å². The van der Waals surface area contributed by atoms with E-state index in [1.807, 2.05) is 0 Å². The number of hydrogen-bond acceptors (Lipinski definition) is 1. The van der Waals surface area contributed by atoms with Gasteiger partial charge in [-0.15, -0.1) is 0 Å². The minimum atomic E-state index is -1.13. The quantitative estimate of drug-likeness (QED) is 0.453. The second-order valence-corrected chi connectivity index (χ2v) is 9.89. The van der Waals surface area contributed by atoms with Gasteiger partial charge in [0, 0.05) is 5.39 Å². The van der Waals surface area contributed by atoms with Crippen molar-refractivity contribution in [1.82, 2.24) is 0 Å². The van der Waals surface area contributed by atoms with Crippen LogP contribution < -0.4 is 0 Å². The second kappa shape index (κ2) is 9.67. The fourth-order valence-electron chi connectivity index (χ4n) is 6.17. The van der Waals surface area contributed by atoms with Crippen molar-refractivity contribution in [2.24, 2.45) is 17.8 Å². The number of aromatic carboxylic acids is 1. The third-order valence-corrected chi connectivity index (χ3v) is 7.92. The molecule has 1 N–H and O–H groups in total. The molecule has 2 nitrogen and oxygen atoms in total. The van der Waals surface area contributed by atoms with E-state index in [-0.39, 0.29) is 16.9 Å². The molecule has 0 bridgehead atoms. The van der Waals surface area contributed by atoms with Gasteiger partial charge in [0.2, 0.25) is 0 Å². The van der Waals surface area contributed by atoms with Crippen LogP contribution in [-0.2, 0) is 0 Å². The van der Waals surface area contributed by atoms with Crippen molar-refractivity contribution in [3.05, 3.63) is 47.0 Å². The average Bonchev–Trinajstić information content (AvgIpc) is 2.78. The lowest BCUT2D eigenvalue weighted by molar-refractivity contribution is 0.0697. The SMILES string of the molecule is CCCCCCC1CCC2CC(c3cc4ccc(C(=O)O)cc4c(F)c3F)CCC2C1. The number of fused-ring (bicyclic) bond motifs is 2. The first-order chi connectivity index (χ1) is 15.0. The fraction of sp³-hybridized carbons (Fsp3) is 0.593. The summed E-state index contributed by atoms with van der Waals surface area (Å²) in [5, 5.41) is 9.78. The molecular formula is C27H34F2O2. The Bertz CT molecular complexity index is 938. The first-order valence-corrected chi connectivity index (χ1v) is 12.1. The van der Waals surface area contributed by atoms with Crippen LogP contribution in [0.1, 0.15) is 99.4 Å². The molecule has 0 aliphatic heterocycles. The van der Waals surface area contributed by atoms with Crippen molar-refractivity contribution < 1.29 is 18.7 Å². The maximum atomic E-state index is 15.0. The van der Waals surface area contributed by atoms with Crippen molar-refractivity contribution in [2.75, 3.05) is 0 Å². The van der Waals surface area contributed by atoms with Gasteiger partial charge in [-0.3, -0.25) is 0 Å². The van der Waals surface area contributed by atoms with Crippen molar-refractivity contribution in [1.29, 1.82) is 0 Å². The van der Waals surface area contributed by atoms with Gasteiger partial charge in [-0.1, -0.05) is 51.5 Å². The average molecular weight is 429 g/mol. The number of hydrogen-bond donors (Lipinski definition) is 1. The second-order valence-electron chi connectivity index (χ2n) is 9.89. The number of carboxylic acid groups (broad SMARTS) is 1. The van der Waals surface area contributed by atoms with E-state index in [1.165, 1.54) is 63.5 Å². The van der Waals surface area contributed by atoms with Gasteiger partial charge in [0.1, 0.15) is 0 Å². The molecule has 168 valence electrons. The van der Waals surface area contributed by atoms with Gasteiger partial charge in [0.25, 0.3) is 0 Å². The van der Waals surface area contributed by atoms with Crippen LogP contribution in [0.5, 0.6) is 0 Å². The molecule has 2 aromatic carbocycles. The summed E-state index contributed by atoms with van der Waals surface area (Å²) < 4.78 is 29.9. The van der Waals surface area contributed by atoms with E-state index >= 15 is 4.39 Å². The molecule has 4 unspecified atom stereocenters. The number of carbonyl (C=O) groups is 1. The van der Waals surface area contributed by atoms with Gasteiger partial charge in [0.15, 0.2) is 11.6 Å². The highest BCUT2D eigenvalue weighted by Gasteiger charge is 2.37. The molecule has 0 heterocycles. The van der Waals surface area contributed by atoms with E-state index in [4.69, 9.17) is 5.11 Å². The first kappa shape index (κ1) is 22.2. The summed E-state index contributed by atoms with van der Waals surface area (Å²) in [6.07, 6.45) is 13.5. The van der Waals surface area contributed by atoms with E-state index < -0.39 is 17.6 Å². The summed E-state index contributed by atoms with van der Waals surface area (Å²) >= 11 is 0. The Morgan fingerprint density at radius 3 is 2.52 bits per heavy atom. The predicted octanol–water partition coefficient (Wildman–Crippen LogP) is 8.09.